The predicted molar refractivity (Wildman–Crippen MR) is 89.5 cm³/mol. The fourth-order valence-electron chi connectivity index (χ4n) is 3.05. The first kappa shape index (κ1) is 15.6. The summed E-state index contributed by atoms with van der Waals surface area (Å²) in [5.41, 5.74) is 2.95. The molecule has 5 nitrogen and oxygen atoms in total. The molecule has 0 bridgehead atoms. The third kappa shape index (κ3) is 2.39. The van der Waals surface area contributed by atoms with Crippen LogP contribution in [0.1, 0.15) is 16.7 Å². The van der Waals surface area contributed by atoms with Crippen molar-refractivity contribution in [1.82, 2.24) is 8.96 Å². The minimum absolute atomic E-state index is 0.290. The molecule has 0 radical (unpaired) electrons. The molecule has 0 N–H and O–H groups in total. The van der Waals surface area contributed by atoms with Gasteiger partial charge in [0.05, 0.1) is 12.0 Å². The molecule has 23 heavy (non-hydrogen) atoms. The molecule has 0 aliphatic carbocycles. The van der Waals surface area contributed by atoms with Crippen LogP contribution < -0.4 is 4.74 Å². The van der Waals surface area contributed by atoms with Crippen molar-refractivity contribution in [2.24, 2.45) is 0 Å². The summed E-state index contributed by atoms with van der Waals surface area (Å²) in [7, 11) is -2.26. The monoisotopic (exact) mass is 330 g/mol. The number of hydrogen-bond donors (Lipinski definition) is 0. The van der Waals surface area contributed by atoms with Crippen molar-refractivity contribution in [3.05, 3.63) is 53.3 Å². The van der Waals surface area contributed by atoms with E-state index in [-0.39, 0.29) is 0 Å². The van der Waals surface area contributed by atoms with Crippen LogP contribution in [0.15, 0.2) is 41.6 Å². The van der Waals surface area contributed by atoms with Gasteiger partial charge in [-0.2, -0.15) is 0 Å². The molecule has 2 heterocycles. The van der Waals surface area contributed by atoms with E-state index in [4.69, 9.17) is 4.74 Å². The van der Waals surface area contributed by atoms with Crippen LogP contribution in [-0.2, 0) is 10.0 Å². The Bertz CT molecular complexity index is 981. The number of aromatic nitrogens is 2. The molecule has 0 aliphatic heterocycles. The Morgan fingerprint density at radius 2 is 1.74 bits per heavy atom. The van der Waals surface area contributed by atoms with Crippen LogP contribution in [0.5, 0.6) is 5.88 Å². The average Bonchev–Trinajstić information content (AvgIpc) is 2.90. The summed E-state index contributed by atoms with van der Waals surface area (Å²) in [5, 5.41) is 0.767. The minimum Gasteiger partial charge on any atom is -0.479 e. The Balaban J connectivity index is 2.35. The quantitative estimate of drug-likeness (QED) is 0.740. The molecule has 0 spiro atoms. The highest BCUT2D eigenvalue weighted by molar-refractivity contribution is 7.90. The number of rotatable bonds is 3. The first-order valence-corrected chi connectivity index (χ1v) is 8.63. The molecule has 0 amide bonds. The Morgan fingerprint density at radius 1 is 1.09 bits per heavy atom. The Kier molecular flexibility index (Phi) is 3.64. The van der Waals surface area contributed by atoms with Gasteiger partial charge in [0.2, 0.25) is 5.88 Å². The topological polar surface area (TPSA) is 61.2 Å². The molecule has 0 aliphatic rings. The second kappa shape index (κ2) is 5.38. The van der Waals surface area contributed by atoms with Crippen LogP contribution in [0.25, 0.3) is 10.9 Å². The van der Waals surface area contributed by atoms with E-state index in [1.54, 1.807) is 24.5 Å². The van der Waals surface area contributed by atoms with Crippen molar-refractivity contribution in [3.63, 3.8) is 0 Å². The molecule has 0 saturated heterocycles. The number of nitrogens with zero attached hydrogens (tertiary/aromatic N) is 2. The zero-order valence-corrected chi connectivity index (χ0v) is 14.3. The largest absolute Gasteiger partial charge is 0.479 e. The lowest BCUT2D eigenvalue weighted by Crippen LogP contribution is -2.15. The standard InChI is InChI=1S/C17H18N2O3S/c1-11-9-12(2)16(13(3)10-11)23(20,21)19-8-6-14-5-7-18-17(22-4)15(14)19/h5-10H,1-4H3. The highest BCUT2D eigenvalue weighted by Gasteiger charge is 2.25. The first-order chi connectivity index (χ1) is 10.9. The summed E-state index contributed by atoms with van der Waals surface area (Å²) in [5.74, 6) is 0.290. The molecule has 2 aromatic heterocycles. The van der Waals surface area contributed by atoms with Gasteiger partial charge in [-0.25, -0.2) is 17.4 Å². The number of ether oxygens (including phenoxy) is 1. The smallest absolute Gasteiger partial charge is 0.268 e. The van der Waals surface area contributed by atoms with E-state index >= 15 is 0 Å². The van der Waals surface area contributed by atoms with Crippen molar-refractivity contribution >= 4 is 20.9 Å². The van der Waals surface area contributed by atoms with Gasteiger partial charge in [0.1, 0.15) is 5.52 Å². The number of aryl methyl sites for hydroxylation is 3. The Morgan fingerprint density at radius 3 is 2.35 bits per heavy atom. The lowest BCUT2D eigenvalue weighted by Gasteiger charge is -2.14. The maximum Gasteiger partial charge on any atom is 0.268 e. The fraction of sp³-hybridized carbons (Fsp3) is 0.235. The van der Waals surface area contributed by atoms with Gasteiger partial charge in [-0.15, -0.1) is 0 Å². The summed E-state index contributed by atoms with van der Waals surface area (Å²) >= 11 is 0. The van der Waals surface area contributed by atoms with Gasteiger partial charge < -0.3 is 4.74 Å². The maximum absolute atomic E-state index is 13.2. The highest BCUT2D eigenvalue weighted by atomic mass is 32.2. The van der Waals surface area contributed by atoms with E-state index in [0.717, 1.165) is 22.1 Å². The zero-order chi connectivity index (χ0) is 16.8. The van der Waals surface area contributed by atoms with E-state index < -0.39 is 10.0 Å². The van der Waals surface area contributed by atoms with Crippen LogP contribution in [0.2, 0.25) is 0 Å². The number of benzene rings is 1. The molecule has 6 heteroatoms. The summed E-state index contributed by atoms with van der Waals surface area (Å²) < 4.78 is 32.9. The number of fused-ring (bicyclic) bond motifs is 1. The SMILES string of the molecule is COc1nccc2ccn(S(=O)(=O)c3c(C)cc(C)cc3C)c12. The Labute approximate surface area is 135 Å². The van der Waals surface area contributed by atoms with E-state index in [2.05, 4.69) is 4.98 Å². The van der Waals surface area contributed by atoms with Gasteiger partial charge in [0.15, 0.2) is 0 Å². The minimum atomic E-state index is -3.74. The van der Waals surface area contributed by atoms with Gasteiger partial charge in [0, 0.05) is 17.8 Å². The normalized spacial score (nSPS) is 11.8. The highest BCUT2D eigenvalue weighted by Crippen LogP contribution is 2.30. The second-order valence-corrected chi connectivity index (χ2v) is 7.35. The van der Waals surface area contributed by atoms with Crippen molar-refractivity contribution in [2.75, 3.05) is 7.11 Å². The van der Waals surface area contributed by atoms with E-state index in [9.17, 15) is 8.42 Å². The summed E-state index contributed by atoms with van der Waals surface area (Å²) in [6.07, 6.45) is 3.14. The van der Waals surface area contributed by atoms with Crippen molar-refractivity contribution in [1.29, 1.82) is 0 Å². The van der Waals surface area contributed by atoms with Crippen molar-refractivity contribution in [2.45, 2.75) is 25.7 Å². The lowest BCUT2D eigenvalue weighted by atomic mass is 10.1. The van der Waals surface area contributed by atoms with Crippen LogP contribution in [-0.4, -0.2) is 24.5 Å². The summed E-state index contributed by atoms with van der Waals surface area (Å²) in [6.45, 7) is 5.58. The van der Waals surface area contributed by atoms with Crippen LogP contribution >= 0.6 is 0 Å². The third-order valence-corrected chi connectivity index (χ3v) is 5.83. The van der Waals surface area contributed by atoms with Crippen LogP contribution in [0.3, 0.4) is 0 Å². The second-order valence-electron chi connectivity index (χ2n) is 5.60. The fourth-order valence-corrected chi connectivity index (χ4v) is 4.82. The number of methoxy groups -OCH3 is 1. The first-order valence-electron chi connectivity index (χ1n) is 7.19. The maximum atomic E-state index is 13.2. The molecule has 0 unspecified atom stereocenters. The van der Waals surface area contributed by atoms with Crippen molar-refractivity contribution in [3.8, 4) is 5.88 Å². The van der Waals surface area contributed by atoms with Crippen molar-refractivity contribution < 1.29 is 13.2 Å². The predicted octanol–water partition coefficient (Wildman–Crippen LogP) is 3.21. The summed E-state index contributed by atoms with van der Waals surface area (Å²) in [6, 6.07) is 7.26. The third-order valence-electron chi connectivity index (χ3n) is 3.85. The van der Waals surface area contributed by atoms with E-state index in [1.807, 2.05) is 32.9 Å². The van der Waals surface area contributed by atoms with Gasteiger partial charge in [-0.1, -0.05) is 17.7 Å². The van der Waals surface area contributed by atoms with Gasteiger partial charge >= 0.3 is 0 Å². The molecule has 0 atom stereocenters. The molecular weight excluding hydrogens is 312 g/mol. The zero-order valence-electron chi connectivity index (χ0n) is 13.5. The van der Waals surface area contributed by atoms with E-state index in [1.165, 1.54) is 11.1 Å². The van der Waals surface area contributed by atoms with Gasteiger partial charge in [-0.3, -0.25) is 0 Å². The van der Waals surface area contributed by atoms with Crippen LogP contribution in [0, 0.1) is 20.8 Å². The molecule has 3 rings (SSSR count). The van der Waals surface area contributed by atoms with E-state index in [0.29, 0.717) is 16.3 Å². The summed E-state index contributed by atoms with van der Waals surface area (Å²) in [4.78, 5) is 4.44. The molecular formula is C17H18N2O3S. The molecule has 3 aromatic rings. The van der Waals surface area contributed by atoms with Gasteiger partial charge in [0.25, 0.3) is 10.0 Å². The molecule has 0 saturated carbocycles. The molecule has 0 fully saturated rings. The lowest BCUT2D eigenvalue weighted by molar-refractivity contribution is 0.402. The number of hydrogen-bond acceptors (Lipinski definition) is 4. The van der Waals surface area contributed by atoms with Crippen LogP contribution in [0.4, 0.5) is 0 Å². The van der Waals surface area contributed by atoms with Gasteiger partial charge in [-0.05, 0) is 44.0 Å². The Hall–Kier alpha value is -2.34. The molecule has 120 valence electrons. The average molecular weight is 330 g/mol. The number of pyridine rings is 1. The molecule has 1 aromatic carbocycles.